The predicted molar refractivity (Wildman–Crippen MR) is 128 cm³/mol. The summed E-state index contributed by atoms with van der Waals surface area (Å²) in [5.41, 5.74) is 0.751. The van der Waals surface area contributed by atoms with Crippen LogP contribution in [0.25, 0.3) is 0 Å². The van der Waals surface area contributed by atoms with E-state index in [9.17, 15) is 18.0 Å². The van der Waals surface area contributed by atoms with E-state index in [-0.39, 0.29) is 29.5 Å². The van der Waals surface area contributed by atoms with Gasteiger partial charge in [0.15, 0.2) is 6.10 Å². The zero-order chi connectivity index (χ0) is 24.7. The highest BCUT2D eigenvalue weighted by Gasteiger charge is 2.31. The van der Waals surface area contributed by atoms with E-state index < -0.39 is 28.0 Å². The van der Waals surface area contributed by atoms with Gasteiger partial charge in [-0.3, -0.25) is 4.79 Å². The van der Waals surface area contributed by atoms with Crippen LogP contribution in [0, 0.1) is 11.3 Å². The van der Waals surface area contributed by atoms with Crippen LogP contribution in [-0.2, 0) is 19.6 Å². The van der Waals surface area contributed by atoms with Gasteiger partial charge in [0, 0.05) is 24.8 Å². The lowest BCUT2D eigenvalue weighted by atomic mass is 10.1. The minimum atomic E-state index is -3.65. The molecule has 0 aromatic heterocycles. The number of esters is 1. The van der Waals surface area contributed by atoms with Gasteiger partial charge in [-0.05, 0) is 63.1 Å². The average Bonchev–Trinajstić information content (AvgIpc) is 2.85. The molecule has 0 N–H and O–H groups in total. The summed E-state index contributed by atoms with van der Waals surface area (Å²) in [6.07, 6.45) is 1.70. The summed E-state index contributed by atoms with van der Waals surface area (Å²) in [5.74, 6) is -1.18. The molecule has 1 heterocycles. The van der Waals surface area contributed by atoms with Gasteiger partial charge in [0.2, 0.25) is 10.0 Å². The van der Waals surface area contributed by atoms with Gasteiger partial charge < -0.3 is 9.64 Å². The van der Waals surface area contributed by atoms with Gasteiger partial charge in [-0.2, -0.15) is 9.57 Å². The summed E-state index contributed by atoms with van der Waals surface area (Å²) < 4.78 is 32.8. The van der Waals surface area contributed by atoms with Crippen molar-refractivity contribution in [2.24, 2.45) is 0 Å². The van der Waals surface area contributed by atoms with Crippen LogP contribution in [-0.4, -0.2) is 49.8 Å². The Morgan fingerprint density at radius 2 is 1.82 bits per heavy atom. The van der Waals surface area contributed by atoms with E-state index in [0.29, 0.717) is 12.2 Å². The number of nitriles is 1. The van der Waals surface area contributed by atoms with Crippen molar-refractivity contribution in [1.29, 1.82) is 5.26 Å². The fourth-order valence-corrected chi connectivity index (χ4v) is 5.66. The molecule has 2 aromatic rings. The van der Waals surface area contributed by atoms with Gasteiger partial charge in [0.25, 0.3) is 5.91 Å². The second kappa shape index (κ2) is 11.3. The molecule has 2 atom stereocenters. The second-order valence-corrected chi connectivity index (χ2v) is 10.2. The van der Waals surface area contributed by atoms with Crippen LogP contribution in [0.3, 0.4) is 0 Å². The number of benzene rings is 2. The maximum atomic E-state index is 13.0. The number of sulfonamides is 1. The van der Waals surface area contributed by atoms with Gasteiger partial charge in [-0.25, -0.2) is 13.2 Å². The van der Waals surface area contributed by atoms with Crippen LogP contribution in [0.1, 0.15) is 49.9 Å². The molecular weight excluding hydrogens is 454 g/mol. The van der Waals surface area contributed by atoms with Gasteiger partial charge >= 0.3 is 5.97 Å². The Hall–Kier alpha value is -3.22. The highest BCUT2D eigenvalue weighted by atomic mass is 32.2. The molecule has 1 aliphatic rings. The molecule has 0 radical (unpaired) electrons. The molecule has 1 fully saturated rings. The lowest BCUT2D eigenvalue weighted by Gasteiger charge is -2.32. The number of carbonyl (C=O) groups is 2. The van der Waals surface area contributed by atoms with E-state index in [1.165, 1.54) is 40.4 Å². The third-order valence-corrected chi connectivity index (χ3v) is 7.88. The van der Waals surface area contributed by atoms with E-state index >= 15 is 0 Å². The van der Waals surface area contributed by atoms with Crippen LogP contribution in [0.2, 0.25) is 0 Å². The zero-order valence-corrected chi connectivity index (χ0v) is 20.2. The van der Waals surface area contributed by atoms with Gasteiger partial charge in [0.1, 0.15) is 0 Å². The van der Waals surface area contributed by atoms with Crippen LogP contribution in [0.15, 0.2) is 59.5 Å². The molecule has 0 bridgehead atoms. The van der Waals surface area contributed by atoms with Crippen LogP contribution in [0.4, 0.5) is 5.69 Å². The SMILES string of the molecule is CC(OC(=O)c1ccc(S(=O)(=O)N2CCCCC2C)cc1)C(=O)N(CCC#N)c1ccccc1. The number of rotatable bonds is 8. The summed E-state index contributed by atoms with van der Waals surface area (Å²) in [7, 11) is -3.65. The standard InChI is InChI=1S/C25H29N3O5S/c1-19-9-6-7-18-28(19)34(31,32)23-14-12-21(13-15-23)25(30)33-20(2)24(29)27(17-8-16-26)22-10-4-3-5-11-22/h3-5,10-15,19-20H,6-9,17-18H2,1-2H3. The van der Waals surface area contributed by atoms with E-state index in [1.54, 1.807) is 24.3 Å². The number of anilines is 1. The lowest BCUT2D eigenvalue weighted by molar-refractivity contribution is -0.126. The predicted octanol–water partition coefficient (Wildman–Crippen LogP) is 3.74. The van der Waals surface area contributed by atoms with E-state index in [4.69, 9.17) is 10.00 Å². The monoisotopic (exact) mass is 483 g/mol. The molecule has 1 amide bonds. The molecule has 180 valence electrons. The third-order valence-electron chi connectivity index (χ3n) is 5.85. The summed E-state index contributed by atoms with van der Waals surface area (Å²) in [6.45, 7) is 4.02. The number of hydrogen-bond acceptors (Lipinski definition) is 6. The molecule has 0 saturated carbocycles. The molecule has 2 unspecified atom stereocenters. The Morgan fingerprint density at radius 3 is 2.44 bits per heavy atom. The molecule has 9 heteroatoms. The second-order valence-electron chi connectivity index (χ2n) is 8.27. The average molecular weight is 484 g/mol. The highest BCUT2D eigenvalue weighted by Crippen LogP contribution is 2.25. The fraction of sp³-hybridized carbons (Fsp3) is 0.400. The van der Waals surface area contributed by atoms with Gasteiger partial charge in [-0.1, -0.05) is 24.6 Å². The first-order valence-corrected chi connectivity index (χ1v) is 12.8. The fourth-order valence-electron chi connectivity index (χ4n) is 3.96. The largest absolute Gasteiger partial charge is 0.449 e. The molecule has 34 heavy (non-hydrogen) atoms. The lowest BCUT2D eigenvalue weighted by Crippen LogP contribution is -2.41. The highest BCUT2D eigenvalue weighted by molar-refractivity contribution is 7.89. The van der Waals surface area contributed by atoms with Crippen molar-refractivity contribution in [3.05, 3.63) is 60.2 Å². The maximum absolute atomic E-state index is 13.0. The van der Waals surface area contributed by atoms with Gasteiger partial charge in [-0.15, -0.1) is 0 Å². The number of para-hydroxylation sites is 1. The number of hydrogen-bond donors (Lipinski definition) is 0. The van der Waals surface area contributed by atoms with Crippen molar-refractivity contribution in [3.8, 4) is 6.07 Å². The van der Waals surface area contributed by atoms with Gasteiger partial charge in [0.05, 0.1) is 22.9 Å². The summed E-state index contributed by atoms with van der Waals surface area (Å²) in [4.78, 5) is 27.1. The first-order chi connectivity index (χ1) is 16.3. The van der Waals surface area contributed by atoms with Crippen molar-refractivity contribution in [1.82, 2.24) is 4.31 Å². The number of piperidine rings is 1. The normalized spacial score (nSPS) is 17.4. The molecule has 3 rings (SSSR count). The van der Waals surface area contributed by atoms with Crippen molar-refractivity contribution in [2.45, 2.75) is 56.6 Å². The Labute approximate surface area is 200 Å². The number of carbonyl (C=O) groups excluding carboxylic acids is 2. The first-order valence-electron chi connectivity index (χ1n) is 11.3. The van der Waals surface area contributed by atoms with Crippen molar-refractivity contribution in [3.63, 3.8) is 0 Å². The van der Waals surface area contributed by atoms with Crippen molar-refractivity contribution in [2.75, 3.05) is 18.0 Å². The Morgan fingerprint density at radius 1 is 1.15 bits per heavy atom. The molecule has 0 spiro atoms. The quantitative estimate of drug-likeness (QED) is 0.529. The van der Waals surface area contributed by atoms with E-state index in [2.05, 4.69) is 0 Å². The molecule has 2 aromatic carbocycles. The molecule has 1 aliphatic heterocycles. The maximum Gasteiger partial charge on any atom is 0.338 e. The zero-order valence-electron chi connectivity index (χ0n) is 19.4. The van der Waals surface area contributed by atoms with Crippen molar-refractivity contribution >= 4 is 27.6 Å². The number of ether oxygens (including phenoxy) is 1. The topological polar surface area (TPSA) is 108 Å². The smallest absolute Gasteiger partial charge is 0.338 e. The van der Waals surface area contributed by atoms with E-state index in [0.717, 1.165) is 19.3 Å². The Balaban J connectivity index is 1.70. The minimum absolute atomic E-state index is 0.0659. The first kappa shape index (κ1) is 25.4. The Bertz CT molecular complexity index is 1140. The Kier molecular flexibility index (Phi) is 8.42. The van der Waals surface area contributed by atoms with E-state index in [1.807, 2.05) is 19.1 Å². The molecule has 8 nitrogen and oxygen atoms in total. The van der Waals surface area contributed by atoms with Crippen LogP contribution >= 0.6 is 0 Å². The summed E-state index contributed by atoms with van der Waals surface area (Å²) >= 11 is 0. The molecule has 1 saturated heterocycles. The van der Waals surface area contributed by atoms with Crippen LogP contribution in [0.5, 0.6) is 0 Å². The molecular formula is C25H29N3O5S. The third kappa shape index (κ3) is 5.82. The number of amides is 1. The van der Waals surface area contributed by atoms with Crippen LogP contribution < -0.4 is 4.90 Å². The minimum Gasteiger partial charge on any atom is -0.449 e. The number of nitrogens with zero attached hydrogens (tertiary/aromatic N) is 3. The molecule has 0 aliphatic carbocycles. The van der Waals surface area contributed by atoms with Crippen molar-refractivity contribution < 1.29 is 22.7 Å². The summed E-state index contributed by atoms with van der Waals surface area (Å²) in [6, 6.07) is 16.4. The summed E-state index contributed by atoms with van der Waals surface area (Å²) in [5, 5.41) is 8.93.